The summed E-state index contributed by atoms with van der Waals surface area (Å²) in [6.07, 6.45) is -7.87. The van der Waals surface area contributed by atoms with E-state index in [1.165, 1.54) is 13.8 Å². The summed E-state index contributed by atoms with van der Waals surface area (Å²) in [6, 6.07) is 45.8. The SMILES string of the molecule is CC(=O)NC1COC(COS(=O)(=O)[O-])C[C@H]1OCc1ccccc1.CC(=O)NC1COC(COS(=O)(=O)[O-])C[C@H]1OCc1ccccc1.O=C([O-])C1CCC[C@H](OCc2ccccc2)C1.O=C([O-])C1C[C@@H](OCc2ccccc2)C(OS(=O)(=O)[O-])CO1.O=C([O-])C1OCC(OS(=O)(=O)[O-])[C@H](OCc2ccccc2)[C@H]1OSOO[O-]. The monoisotopic (exact) mass is 1700 g/mol. The van der Waals surface area contributed by atoms with E-state index >= 15 is 0 Å². The maximum atomic E-state index is 11.3. The van der Waals surface area contributed by atoms with Gasteiger partial charge in [0.15, 0.2) is 12.3 Å². The summed E-state index contributed by atoms with van der Waals surface area (Å²) >= 11 is -0.0426. The topological polar surface area (TPSA) is 578 Å². The molecule has 1 aliphatic carbocycles. The van der Waals surface area contributed by atoms with Gasteiger partial charge in [0.05, 0.1) is 139 Å². The van der Waals surface area contributed by atoms with Gasteiger partial charge in [-0.25, -0.2) is 33.7 Å². The molecule has 10 rings (SSSR count). The molecule has 2 amide bonds. The third-order valence-corrected chi connectivity index (χ3v) is 19.1. The highest BCUT2D eigenvalue weighted by molar-refractivity contribution is 7.89. The third kappa shape index (κ3) is 38.7. The van der Waals surface area contributed by atoms with E-state index in [0.29, 0.717) is 44.6 Å². The van der Waals surface area contributed by atoms with Crippen molar-refractivity contribution in [3.63, 3.8) is 0 Å². The Morgan fingerprint density at radius 1 is 0.430 bits per heavy atom. The van der Waals surface area contributed by atoms with Crippen molar-refractivity contribution in [2.45, 2.75) is 177 Å². The number of rotatable bonds is 34. The fourth-order valence-corrected chi connectivity index (χ4v) is 13.6. The number of carbonyl (C=O) groups excluding carboxylic acids is 5. The van der Waals surface area contributed by atoms with E-state index in [-0.39, 0.29) is 113 Å². The highest BCUT2D eigenvalue weighted by Gasteiger charge is 2.46. The zero-order chi connectivity index (χ0) is 83.3. The van der Waals surface area contributed by atoms with Crippen LogP contribution in [0.4, 0.5) is 0 Å². The molecule has 5 aromatic carbocycles. The predicted octanol–water partition coefficient (Wildman–Crippen LogP) is -1.11. The highest BCUT2D eigenvalue weighted by Crippen LogP contribution is 2.31. The van der Waals surface area contributed by atoms with Gasteiger partial charge in [-0.15, -0.1) is 4.33 Å². The van der Waals surface area contributed by atoms with Gasteiger partial charge in [-0.3, -0.25) is 35.5 Å². The van der Waals surface area contributed by atoms with Crippen LogP contribution >= 0.6 is 12.3 Å². The van der Waals surface area contributed by atoms with E-state index in [2.05, 4.69) is 36.7 Å². The van der Waals surface area contributed by atoms with Crippen molar-refractivity contribution in [2.24, 2.45) is 5.92 Å². The summed E-state index contributed by atoms with van der Waals surface area (Å²) in [4.78, 5) is 55.5. The van der Waals surface area contributed by atoms with Gasteiger partial charge < -0.3 is 106 Å². The van der Waals surface area contributed by atoms with Gasteiger partial charge in [-0.05, 0) is 47.1 Å². The molecule has 44 heteroatoms. The standard InChI is InChI=1S/2C15H21NO7S.C14H18O3.C13H16O12S2.C13H16O8S/c2*1-11(17)16-14-10-21-13(9-23-24(18,19)20)7-15(14)22-8-12-5-3-2-4-6-12;15-14(16)12-7-4-8-13(9-12)17-10-11-5-2-1-3-6-11;14-13(15)12-11(22-26-25-24-16)10(9(7-21-12)23-27(17,18)19)20-6-8-4-2-1-3-5-8;14-13(15)11-6-10(12(8-20-11)21-22(16,17)18)19-7-9-4-2-1-3-5-9/h2*2-6,13-15H,7-10H2,1H3,(H,16,17)(H,18,19,20);1-3,5-6,12-13H,4,7-10H2,(H,15,16);1-5,9-12,16H,6-7H2,(H,14,15)(H,17,18,19);1-5,10-12H,6-8H2,(H,14,15)(H,16,17,18)/p-8/t2*13?,14?,15-;12?,13-;9?,10-,11+,12?;10-,11?,12?/m11001/s1. The Labute approximate surface area is 662 Å². The van der Waals surface area contributed by atoms with Crippen molar-refractivity contribution in [1.82, 2.24) is 10.6 Å². The molecular weight excluding hydrogens is 1620 g/mol. The Hall–Kier alpha value is -7.24. The molecular formula is C70H84N2O37S5-8. The van der Waals surface area contributed by atoms with E-state index in [1.807, 2.05) is 97.1 Å². The van der Waals surface area contributed by atoms with Gasteiger partial charge in [0.25, 0.3) is 0 Å². The van der Waals surface area contributed by atoms with Gasteiger partial charge in [-0.2, -0.15) is 0 Å². The van der Waals surface area contributed by atoms with Gasteiger partial charge in [0, 0.05) is 45.0 Å². The molecule has 1 saturated carbocycles. The second-order valence-electron chi connectivity index (χ2n) is 25.5. The molecule has 5 fully saturated rings. The Balaban J connectivity index is 0.000000223. The molecule has 9 unspecified atom stereocenters. The minimum absolute atomic E-state index is 0.0426. The quantitative estimate of drug-likeness (QED) is 0.0123. The molecule has 15 atom stereocenters. The maximum absolute atomic E-state index is 11.3. The number of benzene rings is 5. The second-order valence-corrected chi connectivity index (χ2v) is 30.1. The molecule has 4 heterocycles. The van der Waals surface area contributed by atoms with Crippen molar-refractivity contribution < 1.29 is 169 Å². The van der Waals surface area contributed by atoms with Crippen molar-refractivity contribution >= 4 is 83.6 Å². The number of carboxylic acid groups (broad SMARTS) is 3. The molecule has 0 radical (unpaired) electrons. The van der Waals surface area contributed by atoms with Crippen LogP contribution in [0.3, 0.4) is 0 Å². The molecule has 634 valence electrons. The van der Waals surface area contributed by atoms with Crippen LogP contribution in [0.15, 0.2) is 152 Å². The summed E-state index contributed by atoms with van der Waals surface area (Å²) in [5.74, 6) is -4.83. The molecule has 4 aliphatic heterocycles. The molecule has 114 heavy (non-hydrogen) atoms. The van der Waals surface area contributed by atoms with Crippen LogP contribution < -0.4 is 31.2 Å². The number of aliphatic carboxylic acids is 3. The smallest absolute Gasteiger partial charge is 0.218 e. The Morgan fingerprint density at radius 2 is 0.825 bits per heavy atom. The zero-order valence-corrected chi connectivity index (χ0v) is 65.1. The first-order valence-corrected chi connectivity index (χ1v) is 40.8. The first kappa shape index (κ1) is 95.6. The van der Waals surface area contributed by atoms with Crippen LogP contribution in [0, 0.1) is 5.92 Å². The zero-order valence-electron chi connectivity index (χ0n) is 61.0. The van der Waals surface area contributed by atoms with Crippen LogP contribution in [0.5, 0.6) is 0 Å². The largest absolute Gasteiger partial charge is 0.726 e. The number of ether oxygens (including phenoxy) is 9. The Kier molecular flexibility index (Phi) is 41.2. The van der Waals surface area contributed by atoms with Crippen LogP contribution in [0.25, 0.3) is 0 Å². The van der Waals surface area contributed by atoms with E-state index in [9.17, 15) is 96.4 Å². The minimum Gasteiger partial charge on any atom is -0.726 e. The first-order valence-electron chi connectivity index (χ1n) is 34.8. The second kappa shape index (κ2) is 49.1. The number of carboxylic acids is 3. The van der Waals surface area contributed by atoms with Crippen molar-refractivity contribution in [3.05, 3.63) is 179 Å². The number of hydrogen-bond donors (Lipinski definition) is 2. The third-order valence-electron chi connectivity index (χ3n) is 16.9. The summed E-state index contributed by atoms with van der Waals surface area (Å²) in [5.41, 5.74) is 4.54. The van der Waals surface area contributed by atoms with Gasteiger partial charge in [0.1, 0.15) is 30.5 Å². The average Bonchev–Trinajstić information content (AvgIpc) is 0.803. The van der Waals surface area contributed by atoms with E-state index < -0.39 is 121 Å². The summed E-state index contributed by atoms with van der Waals surface area (Å²) < 4.78 is 204. The lowest BCUT2D eigenvalue weighted by Gasteiger charge is -2.41. The predicted molar refractivity (Wildman–Crippen MR) is 375 cm³/mol. The molecule has 39 nitrogen and oxygen atoms in total. The average molecular weight is 1710 g/mol. The van der Waals surface area contributed by atoms with E-state index in [0.717, 1.165) is 41.5 Å². The lowest BCUT2D eigenvalue weighted by molar-refractivity contribution is -0.777. The summed E-state index contributed by atoms with van der Waals surface area (Å²) in [6.45, 7) is 2.60. The molecule has 0 aromatic heterocycles. The molecule has 4 saturated heterocycles. The summed E-state index contributed by atoms with van der Waals surface area (Å²) in [7, 11) is -19.7. The molecule has 5 aromatic rings. The van der Waals surface area contributed by atoms with E-state index in [4.69, 9.17) is 46.8 Å². The van der Waals surface area contributed by atoms with Crippen molar-refractivity contribution in [2.75, 3.05) is 39.6 Å². The van der Waals surface area contributed by atoms with Crippen molar-refractivity contribution in [1.29, 1.82) is 0 Å². The lowest BCUT2D eigenvalue weighted by atomic mass is 9.87. The maximum Gasteiger partial charge on any atom is 0.218 e. The van der Waals surface area contributed by atoms with Crippen molar-refractivity contribution in [3.8, 4) is 0 Å². The van der Waals surface area contributed by atoms with E-state index in [1.54, 1.807) is 54.6 Å². The molecule has 5 aliphatic rings. The molecule has 2 N–H and O–H groups in total. The lowest BCUT2D eigenvalue weighted by Crippen LogP contribution is -2.60. The summed E-state index contributed by atoms with van der Waals surface area (Å²) in [5, 5.41) is 51.4. The number of nitrogens with one attached hydrogen (secondary N) is 2. The fourth-order valence-electron chi connectivity index (χ4n) is 11.7. The van der Waals surface area contributed by atoms with Crippen LogP contribution in [0.1, 0.15) is 86.6 Å². The normalized spacial score (nSPS) is 25.1. The van der Waals surface area contributed by atoms with Crippen LogP contribution in [0.2, 0.25) is 0 Å². The number of amides is 2. The number of hydrogen-bond acceptors (Lipinski definition) is 38. The van der Waals surface area contributed by atoms with Crippen LogP contribution in [-0.4, -0.2) is 207 Å². The minimum atomic E-state index is -5.17. The molecule has 0 bridgehead atoms. The first-order chi connectivity index (χ1) is 54.1. The van der Waals surface area contributed by atoms with Gasteiger partial charge in [-0.1, -0.05) is 158 Å². The fraction of sp³-hybridized carbons (Fsp3) is 0.500. The van der Waals surface area contributed by atoms with Crippen LogP contribution in [-0.2, 0) is 172 Å². The Morgan fingerprint density at radius 3 is 1.20 bits per heavy atom. The molecule has 0 spiro atoms. The van der Waals surface area contributed by atoms with Gasteiger partial charge in [0.2, 0.25) is 53.4 Å². The Bertz CT molecular complexity index is 4040. The highest BCUT2D eigenvalue weighted by atomic mass is 32.3. The number of carbonyl (C=O) groups is 5. The van der Waals surface area contributed by atoms with Gasteiger partial charge >= 0.3 is 0 Å².